The fourth-order valence-electron chi connectivity index (χ4n) is 1.90. The molecule has 1 rings (SSSR count). The molecule has 0 saturated heterocycles. The van der Waals surface area contributed by atoms with Crippen LogP contribution in [0, 0.1) is 5.92 Å². The first-order valence-corrected chi connectivity index (χ1v) is 7.27. The quantitative estimate of drug-likeness (QED) is 0.620. The molecule has 1 atom stereocenters. The van der Waals surface area contributed by atoms with Crippen LogP contribution < -0.4 is 10.1 Å². The molecule has 5 nitrogen and oxygen atoms in total. The maximum Gasteiger partial charge on any atom is 0.328 e. The fourth-order valence-corrected chi connectivity index (χ4v) is 1.90. The molecule has 0 radical (unpaired) electrons. The number of carbonyl (C=O) groups is 2. The van der Waals surface area contributed by atoms with Crippen molar-refractivity contribution in [1.29, 1.82) is 0 Å². The number of esters is 1. The Morgan fingerprint density at radius 1 is 1.27 bits per heavy atom. The molecule has 0 aliphatic rings. The molecule has 22 heavy (non-hydrogen) atoms. The van der Waals surface area contributed by atoms with E-state index in [1.165, 1.54) is 13.2 Å². The molecule has 0 aliphatic carbocycles. The van der Waals surface area contributed by atoms with Gasteiger partial charge in [0.15, 0.2) is 0 Å². The summed E-state index contributed by atoms with van der Waals surface area (Å²) in [6.45, 7) is 6.14. The monoisotopic (exact) mass is 305 g/mol. The second-order valence-corrected chi connectivity index (χ2v) is 5.06. The van der Waals surface area contributed by atoms with Crippen LogP contribution >= 0.6 is 0 Å². The highest BCUT2D eigenvalue weighted by atomic mass is 16.5. The maximum absolute atomic E-state index is 12.0. The van der Waals surface area contributed by atoms with Gasteiger partial charge in [0.1, 0.15) is 11.8 Å². The zero-order chi connectivity index (χ0) is 16.5. The van der Waals surface area contributed by atoms with Crippen molar-refractivity contribution in [3.05, 3.63) is 35.9 Å². The van der Waals surface area contributed by atoms with Gasteiger partial charge in [0.2, 0.25) is 5.91 Å². The molecule has 0 aliphatic heterocycles. The van der Waals surface area contributed by atoms with Gasteiger partial charge in [0.05, 0.1) is 13.7 Å². The largest absolute Gasteiger partial charge is 0.493 e. The zero-order valence-electron chi connectivity index (χ0n) is 13.5. The maximum atomic E-state index is 12.0. The van der Waals surface area contributed by atoms with E-state index in [1.54, 1.807) is 6.08 Å². The van der Waals surface area contributed by atoms with Gasteiger partial charge in [-0.25, -0.2) is 4.79 Å². The van der Waals surface area contributed by atoms with Gasteiger partial charge >= 0.3 is 5.97 Å². The molecular weight excluding hydrogens is 282 g/mol. The van der Waals surface area contributed by atoms with Crippen LogP contribution in [0.5, 0.6) is 5.75 Å². The minimum atomic E-state index is -0.663. The van der Waals surface area contributed by atoms with Crippen molar-refractivity contribution in [2.45, 2.75) is 26.8 Å². The normalized spacial score (nSPS) is 12.2. The topological polar surface area (TPSA) is 64.6 Å². The van der Waals surface area contributed by atoms with E-state index in [4.69, 9.17) is 9.47 Å². The number of para-hydroxylation sites is 1. The van der Waals surface area contributed by atoms with Crippen LogP contribution in [0.2, 0.25) is 0 Å². The molecule has 1 amide bonds. The molecule has 1 aromatic rings. The highest BCUT2D eigenvalue weighted by Crippen LogP contribution is 2.19. The van der Waals surface area contributed by atoms with Gasteiger partial charge in [0, 0.05) is 11.6 Å². The highest BCUT2D eigenvalue weighted by molar-refractivity contribution is 5.94. The van der Waals surface area contributed by atoms with E-state index >= 15 is 0 Å². The number of ether oxygens (including phenoxy) is 2. The summed E-state index contributed by atoms with van der Waals surface area (Å²) in [4.78, 5) is 23.6. The number of hydrogen-bond donors (Lipinski definition) is 1. The first kappa shape index (κ1) is 17.8. The fraction of sp³-hybridized carbons (Fsp3) is 0.412. The summed E-state index contributed by atoms with van der Waals surface area (Å²) >= 11 is 0. The second-order valence-electron chi connectivity index (χ2n) is 5.06. The summed E-state index contributed by atoms with van der Waals surface area (Å²) in [5.41, 5.74) is 0.804. The first-order valence-electron chi connectivity index (χ1n) is 7.27. The molecule has 0 aromatic heterocycles. The Balaban J connectivity index is 2.77. The van der Waals surface area contributed by atoms with Crippen LogP contribution in [0.25, 0.3) is 6.08 Å². The van der Waals surface area contributed by atoms with Crippen molar-refractivity contribution in [3.63, 3.8) is 0 Å². The minimum Gasteiger partial charge on any atom is -0.493 e. The molecule has 0 fully saturated rings. The van der Waals surface area contributed by atoms with Crippen LogP contribution in [0.1, 0.15) is 26.3 Å². The van der Waals surface area contributed by atoms with Gasteiger partial charge in [0.25, 0.3) is 0 Å². The van der Waals surface area contributed by atoms with Crippen molar-refractivity contribution in [3.8, 4) is 5.75 Å². The molecule has 0 heterocycles. The lowest BCUT2D eigenvalue weighted by molar-refractivity contribution is -0.145. The Hall–Kier alpha value is -2.30. The van der Waals surface area contributed by atoms with Crippen LogP contribution in [0.4, 0.5) is 0 Å². The number of methoxy groups -OCH3 is 1. The second kappa shape index (κ2) is 8.87. The average molecular weight is 305 g/mol. The van der Waals surface area contributed by atoms with E-state index < -0.39 is 12.0 Å². The van der Waals surface area contributed by atoms with Crippen LogP contribution in [0.3, 0.4) is 0 Å². The zero-order valence-corrected chi connectivity index (χ0v) is 13.5. The van der Waals surface area contributed by atoms with Gasteiger partial charge in [-0.05, 0) is 25.0 Å². The number of hydrogen-bond acceptors (Lipinski definition) is 4. The summed E-state index contributed by atoms with van der Waals surface area (Å²) in [6, 6.07) is 6.77. The van der Waals surface area contributed by atoms with Crippen LogP contribution in [0.15, 0.2) is 30.3 Å². The van der Waals surface area contributed by atoms with Crippen molar-refractivity contribution in [1.82, 2.24) is 5.32 Å². The number of nitrogens with one attached hydrogen (secondary N) is 1. The van der Waals surface area contributed by atoms with Crippen LogP contribution in [-0.4, -0.2) is 31.6 Å². The molecule has 0 bridgehead atoms. The van der Waals surface area contributed by atoms with Gasteiger partial charge in [-0.2, -0.15) is 0 Å². The molecule has 120 valence electrons. The minimum absolute atomic E-state index is 0.0551. The predicted molar refractivity (Wildman–Crippen MR) is 85.4 cm³/mol. The Labute approximate surface area is 131 Å². The Morgan fingerprint density at radius 2 is 1.95 bits per heavy atom. The lowest BCUT2D eigenvalue weighted by atomic mass is 10.0. The first-order chi connectivity index (χ1) is 10.5. The highest BCUT2D eigenvalue weighted by Gasteiger charge is 2.23. The van der Waals surface area contributed by atoms with Gasteiger partial charge in [-0.3, -0.25) is 4.79 Å². The third kappa shape index (κ3) is 5.24. The van der Waals surface area contributed by atoms with Crippen molar-refractivity contribution < 1.29 is 19.1 Å². The van der Waals surface area contributed by atoms with E-state index in [0.717, 1.165) is 5.56 Å². The van der Waals surface area contributed by atoms with Gasteiger partial charge < -0.3 is 14.8 Å². The molecule has 1 N–H and O–H groups in total. The average Bonchev–Trinajstić information content (AvgIpc) is 2.51. The Kier molecular flexibility index (Phi) is 7.16. The SMILES string of the molecule is CCOc1ccccc1C=CC(=O)NC(C(=O)OC)C(C)C. The Bertz CT molecular complexity index is 537. The van der Waals surface area contributed by atoms with E-state index in [9.17, 15) is 9.59 Å². The molecule has 5 heteroatoms. The van der Waals surface area contributed by atoms with E-state index in [2.05, 4.69) is 5.32 Å². The third-order valence-corrected chi connectivity index (χ3v) is 3.05. The van der Waals surface area contributed by atoms with E-state index in [-0.39, 0.29) is 11.8 Å². The Morgan fingerprint density at radius 3 is 2.55 bits per heavy atom. The number of carbonyl (C=O) groups excluding carboxylic acids is 2. The number of rotatable bonds is 7. The number of amides is 1. The van der Waals surface area contributed by atoms with Crippen molar-refractivity contribution in [2.24, 2.45) is 5.92 Å². The van der Waals surface area contributed by atoms with E-state index in [0.29, 0.717) is 12.4 Å². The molecular formula is C17H23NO4. The predicted octanol–water partition coefficient (Wildman–Crippen LogP) is 2.41. The van der Waals surface area contributed by atoms with E-state index in [1.807, 2.05) is 45.0 Å². The lowest BCUT2D eigenvalue weighted by Gasteiger charge is -2.18. The third-order valence-electron chi connectivity index (χ3n) is 3.05. The molecule has 1 unspecified atom stereocenters. The standard InChI is InChI=1S/C17H23NO4/c1-5-22-14-9-7-6-8-13(14)10-11-15(19)18-16(12(2)3)17(20)21-4/h6-12,16H,5H2,1-4H3,(H,18,19). The van der Waals surface area contributed by atoms with Crippen molar-refractivity contribution in [2.75, 3.05) is 13.7 Å². The lowest BCUT2D eigenvalue weighted by Crippen LogP contribution is -2.44. The van der Waals surface area contributed by atoms with Gasteiger partial charge in [-0.15, -0.1) is 0 Å². The smallest absolute Gasteiger partial charge is 0.328 e. The molecule has 1 aromatic carbocycles. The summed E-state index contributed by atoms with van der Waals surface area (Å²) in [7, 11) is 1.30. The summed E-state index contributed by atoms with van der Waals surface area (Å²) < 4.78 is 10.2. The molecule has 0 saturated carbocycles. The summed E-state index contributed by atoms with van der Waals surface area (Å²) in [5, 5.41) is 2.65. The van der Waals surface area contributed by atoms with Crippen molar-refractivity contribution >= 4 is 18.0 Å². The molecule has 0 spiro atoms. The van der Waals surface area contributed by atoms with Gasteiger partial charge in [-0.1, -0.05) is 32.0 Å². The summed E-state index contributed by atoms with van der Waals surface area (Å²) in [5.74, 6) is -0.148. The number of benzene rings is 1. The van der Waals surface area contributed by atoms with Crippen LogP contribution in [-0.2, 0) is 14.3 Å². The summed E-state index contributed by atoms with van der Waals surface area (Å²) in [6.07, 6.45) is 3.05.